The second-order valence-corrected chi connectivity index (χ2v) is 6.00. The second-order valence-electron chi connectivity index (χ2n) is 4.32. The molecule has 0 aliphatic rings. The van der Waals surface area contributed by atoms with Crippen molar-refractivity contribution in [2.45, 2.75) is 17.7 Å². The first kappa shape index (κ1) is 14.5. The van der Waals surface area contributed by atoms with E-state index in [-0.39, 0.29) is 11.5 Å². The molecule has 0 aliphatic carbocycles. The maximum atomic E-state index is 12.1. The molecule has 0 bridgehead atoms. The standard InChI is InChI=1S/C14H16N2O3S/c17-9-3-5-12-4-1-6-13(10-12)16-20(18,19)14-7-2-8-15-11-14/h1-2,4,6-8,10-11,16-17H,3,5,9H2. The minimum atomic E-state index is -3.61. The highest BCUT2D eigenvalue weighted by atomic mass is 32.2. The SMILES string of the molecule is O=S(=O)(Nc1cccc(CCCO)c1)c1cccnc1. The van der Waals surface area contributed by atoms with Gasteiger partial charge in [-0.15, -0.1) is 0 Å². The Morgan fingerprint density at radius 2 is 2.05 bits per heavy atom. The Morgan fingerprint density at radius 3 is 2.75 bits per heavy atom. The quantitative estimate of drug-likeness (QED) is 0.851. The van der Waals surface area contributed by atoms with Gasteiger partial charge in [0.2, 0.25) is 0 Å². The number of aryl methyl sites for hydroxylation is 1. The van der Waals surface area contributed by atoms with E-state index in [1.165, 1.54) is 18.5 Å². The highest BCUT2D eigenvalue weighted by molar-refractivity contribution is 7.92. The number of benzene rings is 1. The van der Waals surface area contributed by atoms with Crippen LogP contribution in [0.2, 0.25) is 0 Å². The minimum Gasteiger partial charge on any atom is -0.396 e. The summed E-state index contributed by atoms with van der Waals surface area (Å²) in [4.78, 5) is 3.93. The molecule has 0 unspecified atom stereocenters. The average molecular weight is 292 g/mol. The third-order valence-electron chi connectivity index (χ3n) is 2.75. The van der Waals surface area contributed by atoms with Gasteiger partial charge in [0.1, 0.15) is 4.90 Å². The van der Waals surface area contributed by atoms with Crippen molar-refractivity contribution in [3.63, 3.8) is 0 Å². The van der Waals surface area contributed by atoms with Crippen LogP contribution in [0.5, 0.6) is 0 Å². The third kappa shape index (κ3) is 3.79. The zero-order chi connectivity index (χ0) is 14.4. The first-order valence-corrected chi connectivity index (χ1v) is 7.73. The Hall–Kier alpha value is -1.92. The average Bonchev–Trinajstić information content (AvgIpc) is 2.46. The van der Waals surface area contributed by atoms with Crippen molar-refractivity contribution in [1.82, 2.24) is 4.98 Å². The van der Waals surface area contributed by atoms with Crippen LogP contribution in [0.25, 0.3) is 0 Å². The van der Waals surface area contributed by atoms with Gasteiger partial charge in [0.15, 0.2) is 0 Å². The largest absolute Gasteiger partial charge is 0.396 e. The molecule has 0 spiro atoms. The Morgan fingerprint density at radius 1 is 1.20 bits per heavy atom. The summed E-state index contributed by atoms with van der Waals surface area (Å²) in [5.41, 5.74) is 1.48. The molecule has 1 aromatic heterocycles. The fourth-order valence-corrected chi connectivity index (χ4v) is 2.81. The molecule has 2 rings (SSSR count). The fraction of sp³-hybridized carbons (Fsp3) is 0.214. The van der Waals surface area contributed by atoms with Gasteiger partial charge in [-0.1, -0.05) is 12.1 Å². The van der Waals surface area contributed by atoms with E-state index >= 15 is 0 Å². The van der Waals surface area contributed by atoms with Gasteiger partial charge in [0, 0.05) is 24.7 Å². The number of aliphatic hydroxyl groups excluding tert-OH is 1. The summed E-state index contributed by atoms with van der Waals surface area (Å²) in [5, 5.41) is 8.81. The lowest BCUT2D eigenvalue weighted by Crippen LogP contribution is -2.13. The summed E-state index contributed by atoms with van der Waals surface area (Å²) in [7, 11) is -3.61. The Bertz CT molecular complexity index is 657. The summed E-state index contributed by atoms with van der Waals surface area (Å²) in [6.07, 6.45) is 4.18. The van der Waals surface area contributed by atoms with Gasteiger partial charge >= 0.3 is 0 Å². The molecular formula is C14H16N2O3S. The maximum absolute atomic E-state index is 12.1. The molecule has 1 aromatic carbocycles. The molecule has 0 atom stereocenters. The van der Waals surface area contributed by atoms with Gasteiger partial charge in [-0.25, -0.2) is 8.42 Å². The molecule has 0 radical (unpaired) electrons. The normalized spacial score (nSPS) is 11.2. The van der Waals surface area contributed by atoms with Crippen LogP contribution in [0, 0.1) is 0 Å². The van der Waals surface area contributed by atoms with Crippen LogP contribution in [-0.2, 0) is 16.4 Å². The summed E-state index contributed by atoms with van der Waals surface area (Å²) >= 11 is 0. The van der Waals surface area contributed by atoms with Crippen molar-refractivity contribution in [3.8, 4) is 0 Å². The maximum Gasteiger partial charge on any atom is 0.263 e. The van der Waals surface area contributed by atoms with Crippen LogP contribution in [0.4, 0.5) is 5.69 Å². The molecule has 0 saturated carbocycles. The molecule has 1 heterocycles. The number of nitrogens with one attached hydrogen (secondary N) is 1. The molecule has 0 amide bonds. The van der Waals surface area contributed by atoms with E-state index in [1.54, 1.807) is 24.3 Å². The first-order chi connectivity index (χ1) is 9.62. The molecule has 6 heteroatoms. The van der Waals surface area contributed by atoms with Gasteiger partial charge in [0.05, 0.1) is 0 Å². The Labute approximate surface area is 118 Å². The van der Waals surface area contributed by atoms with E-state index in [0.717, 1.165) is 5.56 Å². The first-order valence-electron chi connectivity index (χ1n) is 6.24. The number of aromatic nitrogens is 1. The lowest BCUT2D eigenvalue weighted by Gasteiger charge is -2.09. The topological polar surface area (TPSA) is 79.3 Å². The van der Waals surface area contributed by atoms with Gasteiger partial charge in [-0.3, -0.25) is 9.71 Å². The third-order valence-corrected chi connectivity index (χ3v) is 4.11. The molecule has 106 valence electrons. The molecule has 2 aromatic rings. The monoisotopic (exact) mass is 292 g/mol. The molecule has 0 aliphatic heterocycles. The smallest absolute Gasteiger partial charge is 0.263 e. The van der Waals surface area contributed by atoms with E-state index in [1.807, 2.05) is 6.07 Å². The summed E-state index contributed by atoms with van der Waals surface area (Å²) in [5.74, 6) is 0. The Kier molecular flexibility index (Phi) is 4.70. The van der Waals surface area contributed by atoms with E-state index < -0.39 is 10.0 Å². The zero-order valence-corrected chi connectivity index (χ0v) is 11.7. The molecule has 0 saturated heterocycles. The fourth-order valence-electron chi connectivity index (χ4n) is 1.79. The van der Waals surface area contributed by atoms with Gasteiger partial charge in [0.25, 0.3) is 10.0 Å². The summed E-state index contributed by atoms with van der Waals surface area (Å²) in [6.45, 7) is 0.117. The number of nitrogens with zero attached hydrogens (tertiary/aromatic N) is 1. The predicted octanol–water partition coefficient (Wildman–Crippen LogP) is 1.81. The van der Waals surface area contributed by atoms with Gasteiger partial charge < -0.3 is 5.11 Å². The van der Waals surface area contributed by atoms with E-state index in [9.17, 15) is 8.42 Å². The van der Waals surface area contributed by atoms with E-state index in [4.69, 9.17) is 5.11 Å². The summed E-state index contributed by atoms with van der Waals surface area (Å²) < 4.78 is 26.8. The van der Waals surface area contributed by atoms with Crippen molar-refractivity contribution < 1.29 is 13.5 Å². The number of aliphatic hydroxyl groups is 1. The number of rotatable bonds is 6. The minimum absolute atomic E-state index is 0.117. The van der Waals surface area contributed by atoms with Crippen molar-refractivity contribution in [2.24, 2.45) is 0 Å². The van der Waals surface area contributed by atoms with Crippen LogP contribution in [0.3, 0.4) is 0 Å². The Balaban J connectivity index is 2.17. The molecule has 0 fully saturated rings. The van der Waals surface area contributed by atoms with Crippen LogP contribution in [0.1, 0.15) is 12.0 Å². The van der Waals surface area contributed by atoms with Crippen LogP contribution >= 0.6 is 0 Å². The van der Waals surface area contributed by atoms with Gasteiger partial charge in [-0.2, -0.15) is 0 Å². The number of hydrogen-bond donors (Lipinski definition) is 2. The van der Waals surface area contributed by atoms with Gasteiger partial charge in [-0.05, 0) is 42.7 Å². The van der Waals surface area contributed by atoms with E-state index in [0.29, 0.717) is 18.5 Å². The summed E-state index contributed by atoms with van der Waals surface area (Å²) in [6, 6.07) is 10.2. The van der Waals surface area contributed by atoms with Crippen LogP contribution in [0.15, 0.2) is 53.7 Å². The molecule has 5 nitrogen and oxygen atoms in total. The van der Waals surface area contributed by atoms with Crippen LogP contribution in [-0.4, -0.2) is 25.1 Å². The molecular weight excluding hydrogens is 276 g/mol. The van der Waals surface area contributed by atoms with E-state index in [2.05, 4.69) is 9.71 Å². The highest BCUT2D eigenvalue weighted by Gasteiger charge is 2.13. The predicted molar refractivity (Wildman–Crippen MR) is 76.9 cm³/mol. The number of sulfonamides is 1. The highest BCUT2D eigenvalue weighted by Crippen LogP contribution is 2.17. The molecule has 20 heavy (non-hydrogen) atoms. The molecule has 2 N–H and O–H groups in total. The van der Waals surface area contributed by atoms with Crippen molar-refractivity contribution >= 4 is 15.7 Å². The van der Waals surface area contributed by atoms with Crippen LogP contribution < -0.4 is 4.72 Å². The number of anilines is 1. The van der Waals surface area contributed by atoms with Crippen molar-refractivity contribution in [2.75, 3.05) is 11.3 Å². The number of hydrogen-bond acceptors (Lipinski definition) is 4. The zero-order valence-electron chi connectivity index (χ0n) is 10.9. The van der Waals surface area contributed by atoms with Crippen molar-refractivity contribution in [1.29, 1.82) is 0 Å². The lowest BCUT2D eigenvalue weighted by atomic mass is 10.1. The second kappa shape index (κ2) is 6.49. The van der Waals surface area contributed by atoms with Crippen molar-refractivity contribution in [3.05, 3.63) is 54.4 Å². The lowest BCUT2D eigenvalue weighted by molar-refractivity contribution is 0.288. The number of pyridine rings is 1.